The first-order chi connectivity index (χ1) is 29.4. The smallest absolute Gasteiger partial charge is 0.00921 e. The average Bonchev–Trinajstić information content (AvgIpc) is 3.29. The summed E-state index contributed by atoms with van der Waals surface area (Å²) in [7, 11) is -2.46. The van der Waals surface area contributed by atoms with Crippen molar-refractivity contribution in [2.75, 3.05) is 0 Å². The number of benzene rings is 8. The maximum Gasteiger partial charge on any atom is -0.00921 e. The molecule has 0 aromatic heterocycles. The summed E-state index contributed by atoms with van der Waals surface area (Å²) in [5.41, 5.74) is 3.97. The van der Waals surface area contributed by atoms with Gasteiger partial charge in [0.25, 0.3) is 0 Å². The van der Waals surface area contributed by atoms with Gasteiger partial charge in [-0.1, -0.05) is 189 Å². The Morgan fingerprint density at radius 1 is 0.467 bits per heavy atom. The van der Waals surface area contributed by atoms with E-state index >= 15 is 0 Å². The molecule has 0 spiro atoms. The summed E-state index contributed by atoms with van der Waals surface area (Å²) in [6.45, 7) is 15.4. The molecule has 0 radical (unpaired) electrons. The summed E-state index contributed by atoms with van der Waals surface area (Å²) in [5.74, 6) is 0. The molecule has 1 aliphatic rings. The molecule has 0 saturated heterocycles. The van der Waals surface area contributed by atoms with Gasteiger partial charge in [-0.15, -0.1) is 0 Å². The van der Waals surface area contributed by atoms with Crippen LogP contribution in [0.1, 0.15) is 29.5 Å². The van der Waals surface area contributed by atoms with Crippen LogP contribution >= 0.6 is 23.8 Å². The third-order valence-corrected chi connectivity index (χ3v) is 19.5. The van der Waals surface area contributed by atoms with Crippen LogP contribution in [-0.2, 0) is 0 Å². The van der Waals surface area contributed by atoms with Gasteiger partial charge in [-0.2, -0.15) is 0 Å². The first-order valence-electron chi connectivity index (χ1n) is 20.8. The van der Waals surface area contributed by atoms with Gasteiger partial charge in [-0.05, 0) is 172 Å². The predicted molar refractivity (Wildman–Crippen MR) is 272 cm³/mol. The van der Waals surface area contributed by atoms with Gasteiger partial charge in [0.15, 0.2) is 0 Å². The van der Waals surface area contributed by atoms with Crippen molar-refractivity contribution in [2.24, 2.45) is 0 Å². The van der Waals surface area contributed by atoms with Gasteiger partial charge in [-0.3, -0.25) is 0 Å². The fourth-order valence-electron chi connectivity index (χ4n) is 8.86. The molecule has 0 nitrogen and oxygen atoms in total. The lowest BCUT2D eigenvalue weighted by atomic mass is 9.91. The maximum atomic E-state index is 4.31. The molecule has 2 unspecified atom stereocenters. The third-order valence-electron chi connectivity index (χ3n) is 11.6. The lowest BCUT2D eigenvalue weighted by Gasteiger charge is -2.26. The van der Waals surface area contributed by atoms with E-state index in [-0.39, 0.29) is 0 Å². The van der Waals surface area contributed by atoms with Crippen molar-refractivity contribution in [1.29, 1.82) is 0 Å². The van der Waals surface area contributed by atoms with Crippen LogP contribution in [0.3, 0.4) is 0 Å². The highest BCUT2D eigenvalue weighted by molar-refractivity contribution is 7.80. The van der Waals surface area contributed by atoms with Gasteiger partial charge in [-0.25, -0.2) is 0 Å². The molecule has 0 amide bonds. The van der Waals surface area contributed by atoms with Crippen LogP contribution in [0.15, 0.2) is 218 Å². The lowest BCUT2D eigenvalue weighted by Crippen LogP contribution is -2.22. The van der Waals surface area contributed by atoms with Crippen molar-refractivity contribution in [2.45, 2.75) is 33.6 Å². The second-order valence-electron chi connectivity index (χ2n) is 15.5. The minimum atomic E-state index is -0.895. The average molecular weight is 827 g/mol. The molecular formula is C57H49P3. The van der Waals surface area contributed by atoms with Crippen LogP contribution in [0.2, 0.25) is 0 Å². The molecule has 3 heteroatoms. The summed E-state index contributed by atoms with van der Waals surface area (Å²) in [5, 5.41) is 20.2. The molecule has 8 aromatic rings. The number of hydrogen-bond acceptors (Lipinski definition) is 0. The van der Waals surface area contributed by atoms with Gasteiger partial charge in [0.05, 0.1) is 0 Å². The number of fused-ring (bicyclic) bond motifs is 6. The van der Waals surface area contributed by atoms with Gasteiger partial charge in [0.2, 0.25) is 0 Å². The monoisotopic (exact) mass is 826 g/mol. The fourth-order valence-corrected chi connectivity index (χ4v) is 16.3. The van der Waals surface area contributed by atoms with E-state index in [1.807, 2.05) is 12.2 Å². The minimum Gasteiger partial charge on any atom is -0.0990 e. The molecule has 60 heavy (non-hydrogen) atoms. The zero-order valence-corrected chi connectivity index (χ0v) is 37.3. The Morgan fingerprint density at radius 2 is 0.867 bits per heavy atom. The number of aryl methyl sites for hydroxylation is 3. The quantitative estimate of drug-likeness (QED) is 0.0692. The highest BCUT2D eigenvalue weighted by Gasteiger charge is 2.26. The molecule has 0 aliphatic heterocycles. The van der Waals surface area contributed by atoms with Gasteiger partial charge in [0, 0.05) is 0 Å². The Morgan fingerprint density at radius 3 is 1.30 bits per heavy atom. The first kappa shape index (κ1) is 40.0. The highest BCUT2D eigenvalue weighted by atomic mass is 31.1. The molecular weight excluding hydrogens is 778 g/mol. The number of rotatable bonds is 11. The van der Waals surface area contributed by atoms with Crippen molar-refractivity contribution in [3.8, 4) is 0 Å². The highest BCUT2D eigenvalue weighted by Crippen LogP contribution is 2.50. The molecule has 0 saturated carbocycles. The van der Waals surface area contributed by atoms with Gasteiger partial charge >= 0.3 is 0 Å². The third kappa shape index (κ3) is 7.59. The normalized spacial score (nSPS) is 14.1. The van der Waals surface area contributed by atoms with E-state index in [2.05, 4.69) is 216 Å². The minimum absolute atomic E-state index is 0.761. The molecule has 0 heterocycles. The van der Waals surface area contributed by atoms with Crippen molar-refractivity contribution >= 4 is 93.2 Å². The van der Waals surface area contributed by atoms with Crippen molar-refractivity contribution < 1.29 is 0 Å². The Hall–Kier alpha value is -5.47. The van der Waals surface area contributed by atoms with Gasteiger partial charge in [0.1, 0.15) is 0 Å². The Balaban J connectivity index is 1.40. The second-order valence-corrected chi connectivity index (χ2v) is 22.1. The summed E-state index contributed by atoms with van der Waals surface area (Å²) >= 11 is 0. The summed E-state index contributed by atoms with van der Waals surface area (Å²) < 4.78 is 0. The molecule has 0 bridgehead atoms. The van der Waals surface area contributed by atoms with Crippen LogP contribution in [-0.4, -0.2) is 0 Å². The standard InChI is InChI=1S/C57H49P3/c1-6-23-43(7-2)58(44-24-13-8-14-25-44)55-37-52-49(34-40(55)3)53-38-56(59(45-26-15-9-16-27-45)46-28-17-10-18-29-46)42(5)36-51(53)54-39-57(41(4)35-50(52)54)60(47-30-19-11-20-31-47)48-32-21-12-22-33-48/h6-9,11-17,19-39H,1-2,10,18H2,3-5H3/b43-23+. The lowest BCUT2D eigenvalue weighted by molar-refractivity contribution is 1.03. The zero-order valence-electron chi connectivity index (χ0n) is 34.6. The Kier molecular flexibility index (Phi) is 11.7. The number of allylic oxidation sites excluding steroid dienone is 8. The van der Waals surface area contributed by atoms with E-state index in [1.54, 1.807) is 0 Å². The van der Waals surface area contributed by atoms with Crippen LogP contribution in [0.5, 0.6) is 0 Å². The van der Waals surface area contributed by atoms with E-state index in [0.717, 1.165) is 12.8 Å². The molecule has 0 fully saturated rings. The van der Waals surface area contributed by atoms with E-state index in [1.165, 1.54) is 96.8 Å². The summed E-state index contributed by atoms with van der Waals surface area (Å²) in [6, 6.07) is 59.6. The van der Waals surface area contributed by atoms with Crippen molar-refractivity contribution in [3.63, 3.8) is 0 Å². The van der Waals surface area contributed by atoms with E-state index < -0.39 is 23.8 Å². The zero-order chi connectivity index (χ0) is 41.2. The van der Waals surface area contributed by atoms with E-state index in [0.29, 0.717) is 0 Å². The summed E-state index contributed by atoms with van der Waals surface area (Å²) in [6.07, 6.45) is 15.5. The fraction of sp³-hybridized carbons (Fsp3) is 0.0877. The van der Waals surface area contributed by atoms with Gasteiger partial charge < -0.3 is 0 Å². The number of hydrogen-bond donors (Lipinski definition) is 0. The molecule has 9 rings (SSSR count). The van der Waals surface area contributed by atoms with E-state index in [4.69, 9.17) is 0 Å². The Labute approximate surface area is 359 Å². The van der Waals surface area contributed by atoms with Crippen LogP contribution in [0, 0.1) is 20.8 Å². The topological polar surface area (TPSA) is 0 Å². The largest absolute Gasteiger partial charge is 0.0990 e. The van der Waals surface area contributed by atoms with E-state index in [9.17, 15) is 0 Å². The second kappa shape index (κ2) is 17.6. The SMILES string of the molecule is C=C/C=C(\C=C)P(c1ccccc1)c1cc2c(cc1C)c1cc(P(C3=CCCC=C3)c3ccccc3)c(C)cc1c1cc(P(c3ccccc3)c3ccccc3)c(C)cc21. The van der Waals surface area contributed by atoms with Crippen LogP contribution < -0.4 is 37.1 Å². The maximum absolute atomic E-state index is 4.31. The van der Waals surface area contributed by atoms with Crippen LogP contribution in [0.4, 0.5) is 0 Å². The summed E-state index contributed by atoms with van der Waals surface area (Å²) in [4.78, 5) is 0. The van der Waals surface area contributed by atoms with Crippen LogP contribution in [0.25, 0.3) is 32.3 Å². The molecule has 1 aliphatic carbocycles. The molecule has 8 aromatic carbocycles. The Bertz CT molecular complexity index is 2940. The van der Waals surface area contributed by atoms with Crippen molar-refractivity contribution in [1.82, 2.24) is 0 Å². The van der Waals surface area contributed by atoms with Crippen molar-refractivity contribution in [3.05, 3.63) is 235 Å². The first-order valence-corrected chi connectivity index (χ1v) is 24.8. The molecule has 0 N–H and O–H groups in total. The molecule has 292 valence electrons. The predicted octanol–water partition coefficient (Wildman–Crippen LogP) is 13.2. The molecule has 2 atom stereocenters.